The second-order valence-electron chi connectivity index (χ2n) is 5.62. The van der Waals surface area contributed by atoms with E-state index in [0.717, 1.165) is 31.7 Å². The number of benzene rings is 4. The average Bonchev–Trinajstić information content (AvgIpc) is 2.64. The molecule has 0 spiro atoms. The average molecular weight is 376 g/mol. The van der Waals surface area contributed by atoms with Crippen molar-refractivity contribution in [2.45, 2.75) is 0 Å². The van der Waals surface area contributed by atoms with Crippen LogP contribution < -0.4 is 5.32 Å². The van der Waals surface area contributed by atoms with E-state index in [2.05, 4.69) is 21.2 Å². The van der Waals surface area contributed by atoms with Gasteiger partial charge in [-0.15, -0.1) is 0 Å². The van der Waals surface area contributed by atoms with Gasteiger partial charge in [0.1, 0.15) is 0 Å². The summed E-state index contributed by atoms with van der Waals surface area (Å²) in [6.07, 6.45) is 0. The molecule has 0 radical (unpaired) electrons. The van der Waals surface area contributed by atoms with Crippen molar-refractivity contribution in [2.75, 3.05) is 5.32 Å². The minimum Gasteiger partial charge on any atom is -0.321 e. The quantitative estimate of drug-likeness (QED) is 0.456. The van der Waals surface area contributed by atoms with Gasteiger partial charge in [-0.1, -0.05) is 76.6 Å². The van der Waals surface area contributed by atoms with Crippen LogP contribution in [0.2, 0.25) is 0 Å². The van der Waals surface area contributed by atoms with Gasteiger partial charge in [-0.05, 0) is 34.4 Å². The molecule has 0 aliphatic carbocycles. The topological polar surface area (TPSA) is 29.1 Å². The van der Waals surface area contributed by atoms with E-state index in [4.69, 9.17) is 0 Å². The molecule has 0 unspecified atom stereocenters. The molecule has 1 amide bonds. The number of carbonyl (C=O) groups is 1. The molecule has 2 nitrogen and oxygen atoms in total. The third kappa shape index (κ3) is 2.57. The first kappa shape index (κ1) is 14.9. The zero-order valence-electron chi connectivity index (χ0n) is 12.8. The second kappa shape index (κ2) is 6.10. The number of amides is 1. The Bertz CT molecular complexity index is 1070. The van der Waals surface area contributed by atoms with Crippen LogP contribution in [-0.4, -0.2) is 5.91 Å². The van der Waals surface area contributed by atoms with Crippen molar-refractivity contribution in [2.24, 2.45) is 0 Å². The molecule has 0 bridgehead atoms. The van der Waals surface area contributed by atoms with E-state index in [0.29, 0.717) is 5.56 Å². The van der Waals surface area contributed by atoms with Crippen molar-refractivity contribution in [3.8, 4) is 0 Å². The zero-order valence-corrected chi connectivity index (χ0v) is 14.4. The molecule has 0 aliphatic heterocycles. The van der Waals surface area contributed by atoms with Crippen molar-refractivity contribution < 1.29 is 4.79 Å². The maximum atomic E-state index is 12.8. The molecule has 24 heavy (non-hydrogen) atoms. The van der Waals surface area contributed by atoms with Crippen LogP contribution in [0.25, 0.3) is 21.5 Å². The largest absolute Gasteiger partial charge is 0.321 e. The normalized spacial score (nSPS) is 10.9. The molecular weight excluding hydrogens is 362 g/mol. The highest BCUT2D eigenvalue weighted by Crippen LogP contribution is 2.30. The molecule has 4 aromatic carbocycles. The van der Waals surface area contributed by atoms with Gasteiger partial charge in [0.25, 0.3) is 5.91 Å². The minimum atomic E-state index is -0.0979. The molecule has 0 heterocycles. The monoisotopic (exact) mass is 375 g/mol. The van der Waals surface area contributed by atoms with Crippen LogP contribution in [0.3, 0.4) is 0 Å². The number of anilines is 1. The number of hydrogen-bond acceptors (Lipinski definition) is 1. The Morgan fingerprint density at radius 1 is 0.708 bits per heavy atom. The fourth-order valence-electron chi connectivity index (χ4n) is 2.98. The Morgan fingerprint density at radius 3 is 2.21 bits per heavy atom. The van der Waals surface area contributed by atoms with Gasteiger partial charge in [-0.3, -0.25) is 4.79 Å². The highest BCUT2D eigenvalue weighted by Gasteiger charge is 2.12. The summed E-state index contributed by atoms with van der Waals surface area (Å²) in [5.74, 6) is -0.0979. The minimum absolute atomic E-state index is 0.0979. The van der Waals surface area contributed by atoms with Gasteiger partial charge in [0.15, 0.2) is 0 Å². The fourth-order valence-corrected chi connectivity index (χ4v) is 3.46. The first-order valence-electron chi connectivity index (χ1n) is 7.70. The number of carbonyl (C=O) groups excluding carboxylic acids is 1. The Hall–Kier alpha value is -2.65. The van der Waals surface area contributed by atoms with E-state index in [1.165, 1.54) is 0 Å². The highest BCUT2D eigenvalue weighted by atomic mass is 79.9. The maximum absolute atomic E-state index is 12.8. The second-order valence-corrected chi connectivity index (χ2v) is 6.48. The first-order valence-corrected chi connectivity index (χ1v) is 8.50. The summed E-state index contributed by atoms with van der Waals surface area (Å²) < 4.78 is 1.02. The lowest BCUT2D eigenvalue weighted by atomic mass is 10.0. The van der Waals surface area contributed by atoms with Crippen LogP contribution in [0.5, 0.6) is 0 Å². The number of fused-ring (bicyclic) bond motifs is 2. The third-order valence-corrected chi connectivity index (χ3v) is 4.84. The Balaban J connectivity index is 1.78. The molecule has 0 atom stereocenters. The number of nitrogens with one attached hydrogen (secondary N) is 1. The van der Waals surface area contributed by atoms with Gasteiger partial charge in [-0.2, -0.15) is 0 Å². The third-order valence-electron chi connectivity index (χ3n) is 4.15. The molecule has 4 aromatic rings. The van der Waals surface area contributed by atoms with Crippen LogP contribution >= 0.6 is 15.9 Å². The van der Waals surface area contributed by atoms with Crippen LogP contribution in [-0.2, 0) is 0 Å². The van der Waals surface area contributed by atoms with Gasteiger partial charge in [0.05, 0.1) is 0 Å². The van der Waals surface area contributed by atoms with Crippen LogP contribution in [0.15, 0.2) is 83.3 Å². The number of rotatable bonds is 2. The van der Waals surface area contributed by atoms with E-state index >= 15 is 0 Å². The highest BCUT2D eigenvalue weighted by molar-refractivity contribution is 9.10. The molecule has 1 N–H and O–H groups in total. The molecule has 0 saturated carbocycles. The molecule has 0 fully saturated rings. The lowest BCUT2D eigenvalue weighted by Gasteiger charge is -2.11. The van der Waals surface area contributed by atoms with Crippen LogP contribution in [0.4, 0.5) is 5.69 Å². The summed E-state index contributed by atoms with van der Waals surface area (Å²) in [7, 11) is 0. The summed E-state index contributed by atoms with van der Waals surface area (Å²) in [5.41, 5.74) is 1.49. The smallest absolute Gasteiger partial charge is 0.256 e. The van der Waals surface area contributed by atoms with Crippen molar-refractivity contribution in [3.63, 3.8) is 0 Å². The lowest BCUT2D eigenvalue weighted by molar-refractivity contribution is 0.102. The van der Waals surface area contributed by atoms with E-state index in [-0.39, 0.29) is 5.91 Å². The van der Waals surface area contributed by atoms with Crippen molar-refractivity contribution >= 4 is 49.1 Å². The zero-order chi connectivity index (χ0) is 16.5. The van der Waals surface area contributed by atoms with E-state index in [1.54, 1.807) is 0 Å². The number of hydrogen-bond donors (Lipinski definition) is 1. The molecular formula is C21H14BrNO. The van der Waals surface area contributed by atoms with Crippen molar-refractivity contribution in [3.05, 3.63) is 88.9 Å². The maximum Gasteiger partial charge on any atom is 0.256 e. The van der Waals surface area contributed by atoms with Crippen molar-refractivity contribution in [1.29, 1.82) is 0 Å². The molecule has 116 valence electrons. The van der Waals surface area contributed by atoms with E-state index in [9.17, 15) is 4.79 Å². The molecule has 4 rings (SSSR count). The van der Waals surface area contributed by atoms with Gasteiger partial charge in [-0.25, -0.2) is 0 Å². The van der Waals surface area contributed by atoms with Crippen molar-refractivity contribution in [1.82, 2.24) is 0 Å². The fraction of sp³-hybridized carbons (Fsp3) is 0. The molecule has 3 heteroatoms. The predicted molar refractivity (Wildman–Crippen MR) is 104 cm³/mol. The first-order chi connectivity index (χ1) is 11.7. The van der Waals surface area contributed by atoms with E-state index < -0.39 is 0 Å². The SMILES string of the molecule is O=C(Nc1ccc(Br)c2ccccc12)c1cccc2ccccc12. The summed E-state index contributed by atoms with van der Waals surface area (Å²) in [6, 6.07) is 25.6. The summed E-state index contributed by atoms with van der Waals surface area (Å²) in [4.78, 5) is 12.8. The Kier molecular flexibility index (Phi) is 3.79. The predicted octanol–water partition coefficient (Wildman–Crippen LogP) is 6.01. The summed E-state index contributed by atoms with van der Waals surface area (Å²) in [5, 5.41) is 7.17. The summed E-state index contributed by atoms with van der Waals surface area (Å²) >= 11 is 3.56. The molecule has 0 aromatic heterocycles. The summed E-state index contributed by atoms with van der Waals surface area (Å²) in [6.45, 7) is 0. The lowest BCUT2D eigenvalue weighted by Crippen LogP contribution is -2.12. The molecule has 0 aliphatic rings. The standard InChI is InChI=1S/C21H14BrNO/c22-19-12-13-20(17-10-4-3-9-16(17)19)23-21(24)18-11-5-7-14-6-1-2-8-15(14)18/h1-13H,(H,23,24). The van der Waals surface area contributed by atoms with Gasteiger partial charge >= 0.3 is 0 Å². The Labute approximate surface area is 148 Å². The number of halogens is 1. The van der Waals surface area contributed by atoms with Gasteiger partial charge < -0.3 is 5.32 Å². The molecule has 0 saturated heterocycles. The van der Waals surface area contributed by atoms with Gasteiger partial charge in [0.2, 0.25) is 0 Å². The van der Waals surface area contributed by atoms with Gasteiger partial charge in [0, 0.05) is 21.1 Å². The van der Waals surface area contributed by atoms with E-state index in [1.807, 2.05) is 78.9 Å². The van der Waals surface area contributed by atoms with Crippen LogP contribution in [0.1, 0.15) is 10.4 Å². The van der Waals surface area contributed by atoms with Crippen LogP contribution in [0, 0.1) is 0 Å². The Morgan fingerprint density at radius 2 is 1.38 bits per heavy atom.